The van der Waals surface area contributed by atoms with E-state index in [2.05, 4.69) is 38.8 Å². The number of benzene rings is 2. The number of hydrogen-bond acceptors (Lipinski definition) is 4. The highest BCUT2D eigenvalue weighted by Gasteiger charge is 2.25. The number of hydrogen-bond donors (Lipinski definition) is 3. The number of ether oxygens (including phenoxy) is 1. The molecule has 3 N–H and O–H groups in total. The van der Waals surface area contributed by atoms with Gasteiger partial charge in [-0.05, 0) is 49.6 Å². The smallest absolute Gasteiger partial charge is 0.251 e. The minimum atomic E-state index is -0.0360. The molecule has 7 nitrogen and oxygen atoms in total. The summed E-state index contributed by atoms with van der Waals surface area (Å²) in [6.07, 6.45) is 1.93. The van der Waals surface area contributed by atoms with E-state index >= 15 is 0 Å². The number of nitrogens with zero attached hydrogens (tertiary/aromatic N) is 2. The number of guanidine groups is 1. The maximum Gasteiger partial charge on any atom is 0.251 e. The Hall–Kier alpha value is -2.49. The Kier molecular flexibility index (Phi) is 10.8. The van der Waals surface area contributed by atoms with Gasteiger partial charge in [-0.15, -0.1) is 24.0 Å². The molecule has 2 atom stereocenters. The number of methoxy groups -OCH3 is 1. The molecule has 2 unspecified atom stereocenters. The van der Waals surface area contributed by atoms with Crippen molar-refractivity contribution in [1.29, 1.82) is 0 Å². The van der Waals surface area contributed by atoms with Crippen molar-refractivity contribution in [3.8, 4) is 5.75 Å². The van der Waals surface area contributed by atoms with Gasteiger partial charge in [0.1, 0.15) is 5.75 Å². The number of aliphatic imine (C=N–C) groups is 1. The lowest BCUT2D eigenvalue weighted by Crippen LogP contribution is -2.44. The monoisotopic (exact) mass is 565 g/mol. The zero-order chi connectivity index (χ0) is 22.9. The molecular weight excluding hydrogens is 529 g/mol. The van der Waals surface area contributed by atoms with Crippen LogP contribution >= 0.6 is 24.0 Å². The minimum absolute atomic E-state index is 0. The van der Waals surface area contributed by atoms with E-state index in [0.717, 1.165) is 48.9 Å². The van der Waals surface area contributed by atoms with Gasteiger partial charge >= 0.3 is 0 Å². The van der Waals surface area contributed by atoms with Crippen LogP contribution in [0.25, 0.3) is 0 Å². The van der Waals surface area contributed by atoms with E-state index in [1.807, 2.05) is 49.4 Å². The molecule has 1 saturated heterocycles. The van der Waals surface area contributed by atoms with Crippen molar-refractivity contribution in [3.63, 3.8) is 0 Å². The maximum atomic E-state index is 12.4. The van der Waals surface area contributed by atoms with Crippen molar-refractivity contribution in [2.24, 2.45) is 4.99 Å². The molecule has 0 aromatic heterocycles. The van der Waals surface area contributed by atoms with Gasteiger partial charge < -0.3 is 25.6 Å². The van der Waals surface area contributed by atoms with Gasteiger partial charge in [0, 0.05) is 44.3 Å². The van der Waals surface area contributed by atoms with Gasteiger partial charge in [-0.3, -0.25) is 9.79 Å². The van der Waals surface area contributed by atoms with Crippen molar-refractivity contribution in [3.05, 3.63) is 59.7 Å². The van der Waals surface area contributed by atoms with Crippen molar-refractivity contribution in [2.75, 3.05) is 32.1 Å². The molecule has 180 valence electrons. The summed E-state index contributed by atoms with van der Waals surface area (Å²) in [4.78, 5) is 19.1. The van der Waals surface area contributed by atoms with Crippen LogP contribution < -0.4 is 25.6 Å². The average molecular weight is 566 g/mol. The van der Waals surface area contributed by atoms with Crippen LogP contribution in [0.1, 0.15) is 42.6 Å². The third kappa shape index (κ3) is 7.52. The van der Waals surface area contributed by atoms with E-state index in [0.29, 0.717) is 18.2 Å². The Morgan fingerprint density at radius 1 is 1.24 bits per heavy atom. The molecule has 0 spiro atoms. The van der Waals surface area contributed by atoms with Gasteiger partial charge in [0.25, 0.3) is 5.91 Å². The van der Waals surface area contributed by atoms with E-state index in [-0.39, 0.29) is 35.9 Å². The first-order chi connectivity index (χ1) is 15.5. The molecule has 1 amide bonds. The zero-order valence-corrected chi connectivity index (χ0v) is 22.3. The second-order valence-corrected chi connectivity index (χ2v) is 8.16. The largest absolute Gasteiger partial charge is 0.495 e. The van der Waals surface area contributed by atoms with Gasteiger partial charge in [0.2, 0.25) is 0 Å². The molecule has 33 heavy (non-hydrogen) atoms. The fraction of sp³-hybridized carbons (Fsp3) is 0.440. The fourth-order valence-electron chi connectivity index (χ4n) is 3.79. The molecule has 2 aromatic rings. The number of amides is 1. The average Bonchev–Trinajstić information content (AvgIpc) is 3.30. The predicted octanol–water partition coefficient (Wildman–Crippen LogP) is 3.79. The van der Waals surface area contributed by atoms with E-state index in [9.17, 15) is 4.79 Å². The fourth-order valence-corrected chi connectivity index (χ4v) is 3.79. The van der Waals surface area contributed by atoms with Crippen molar-refractivity contribution in [1.82, 2.24) is 16.0 Å². The molecular formula is C25H36IN5O2. The quantitative estimate of drug-likeness (QED) is 0.258. The SMILES string of the molecule is CCC(C)NC(=O)c1cccc(CNC(=NC)NC2CCN(c3ccccc3OC)C2)c1.I. The van der Waals surface area contributed by atoms with E-state index in [1.165, 1.54) is 0 Å². The van der Waals surface area contributed by atoms with Crippen LogP contribution in [0, 0.1) is 0 Å². The van der Waals surface area contributed by atoms with Crippen LogP contribution in [-0.4, -0.2) is 51.2 Å². The minimum Gasteiger partial charge on any atom is -0.495 e. The number of para-hydroxylation sites is 2. The molecule has 1 aliphatic rings. The molecule has 0 bridgehead atoms. The summed E-state index contributed by atoms with van der Waals surface area (Å²) in [5.41, 5.74) is 2.83. The summed E-state index contributed by atoms with van der Waals surface area (Å²) < 4.78 is 5.51. The lowest BCUT2D eigenvalue weighted by Gasteiger charge is -2.22. The second kappa shape index (κ2) is 13.3. The number of carbonyl (C=O) groups is 1. The highest BCUT2D eigenvalue weighted by atomic mass is 127. The second-order valence-electron chi connectivity index (χ2n) is 8.16. The number of carbonyl (C=O) groups excluding carboxylic acids is 1. The lowest BCUT2D eigenvalue weighted by molar-refractivity contribution is 0.0939. The lowest BCUT2D eigenvalue weighted by atomic mass is 10.1. The Balaban J connectivity index is 0.00000385. The number of anilines is 1. The Morgan fingerprint density at radius 2 is 2.03 bits per heavy atom. The topological polar surface area (TPSA) is 78.0 Å². The molecule has 0 radical (unpaired) electrons. The van der Waals surface area contributed by atoms with Crippen molar-refractivity contribution < 1.29 is 9.53 Å². The first-order valence-corrected chi connectivity index (χ1v) is 11.3. The highest BCUT2D eigenvalue weighted by Crippen LogP contribution is 2.30. The summed E-state index contributed by atoms with van der Waals surface area (Å²) in [6.45, 7) is 6.50. The van der Waals surface area contributed by atoms with Crippen LogP contribution in [0.4, 0.5) is 5.69 Å². The van der Waals surface area contributed by atoms with Crippen LogP contribution in [-0.2, 0) is 6.54 Å². The standard InChI is InChI=1S/C25H35N5O2.HI/c1-5-18(2)28-24(31)20-10-8-9-19(15-20)16-27-25(26-3)29-21-13-14-30(17-21)22-11-6-7-12-23(22)32-4;/h6-12,15,18,21H,5,13-14,16-17H2,1-4H3,(H,28,31)(H2,26,27,29);1H. The van der Waals surface area contributed by atoms with E-state index in [4.69, 9.17) is 4.74 Å². The Morgan fingerprint density at radius 3 is 2.76 bits per heavy atom. The van der Waals surface area contributed by atoms with E-state index < -0.39 is 0 Å². The van der Waals surface area contributed by atoms with Gasteiger partial charge in [-0.25, -0.2) is 0 Å². The third-order valence-corrected chi connectivity index (χ3v) is 5.82. The van der Waals surface area contributed by atoms with Crippen LogP contribution in [0.15, 0.2) is 53.5 Å². The third-order valence-electron chi connectivity index (χ3n) is 5.82. The van der Waals surface area contributed by atoms with Crippen molar-refractivity contribution in [2.45, 2.75) is 45.3 Å². The van der Waals surface area contributed by atoms with Crippen molar-refractivity contribution >= 4 is 41.5 Å². The highest BCUT2D eigenvalue weighted by molar-refractivity contribution is 14.0. The van der Waals surface area contributed by atoms with Crippen LogP contribution in [0.5, 0.6) is 5.75 Å². The molecule has 0 aliphatic carbocycles. The van der Waals surface area contributed by atoms with E-state index in [1.54, 1.807) is 14.2 Å². The predicted molar refractivity (Wildman–Crippen MR) is 146 cm³/mol. The summed E-state index contributed by atoms with van der Waals surface area (Å²) in [5.74, 6) is 1.62. The van der Waals surface area contributed by atoms with Gasteiger partial charge in [0.05, 0.1) is 12.8 Å². The number of nitrogens with one attached hydrogen (secondary N) is 3. The molecule has 1 heterocycles. The van der Waals surface area contributed by atoms with Crippen LogP contribution in [0.3, 0.4) is 0 Å². The Bertz CT molecular complexity index is 937. The normalized spacial score (nSPS) is 16.5. The van der Waals surface area contributed by atoms with Gasteiger partial charge in [0.15, 0.2) is 5.96 Å². The molecule has 8 heteroatoms. The molecule has 3 rings (SSSR count). The molecule has 1 aliphatic heterocycles. The zero-order valence-electron chi connectivity index (χ0n) is 19.9. The Labute approximate surface area is 214 Å². The van der Waals surface area contributed by atoms with Crippen LogP contribution in [0.2, 0.25) is 0 Å². The summed E-state index contributed by atoms with van der Waals surface area (Å²) >= 11 is 0. The summed E-state index contributed by atoms with van der Waals surface area (Å²) in [6, 6.07) is 16.3. The molecule has 0 saturated carbocycles. The maximum absolute atomic E-state index is 12.4. The van der Waals surface area contributed by atoms with Gasteiger partial charge in [-0.2, -0.15) is 0 Å². The summed E-state index contributed by atoms with van der Waals surface area (Å²) in [7, 11) is 3.48. The molecule has 1 fully saturated rings. The summed E-state index contributed by atoms with van der Waals surface area (Å²) in [5, 5.41) is 9.91. The molecule has 2 aromatic carbocycles. The first-order valence-electron chi connectivity index (χ1n) is 11.3. The van der Waals surface area contributed by atoms with Gasteiger partial charge in [-0.1, -0.05) is 31.2 Å². The first kappa shape index (κ1) is 26.8. The number of rotatable bonds is 8. The number of halogens is 1.